The number of rotatable bonds is 11. The lowest BCUT2D eigenvalue weighted by Gasteiger charge is -2.14. The maximum atomic E-state index is 10.5. The van der Waals surface area contributed by atoms with Crippen molar-refractivity contribution < 1.29 is 9.85 Å². The van der Waals surface area contributed by atoms with E-state index in [0.29, 0.717) is 12.4 Å². The molecule has 2 N–H and O–H groups in total. The smallest absolute Gasteiger partial charge is 0.269 e. The molecule has 3 aromatic carbocycles. The second-order valence-electron chi connectivity index (χ2n) is 8.70. The first-order valence-corrected chi connectivity index (χ1v) is 12.6. The first kappa shape index (κ1) is 33.0. The number of alkyl halides is 1. The quantitative estimate of drug-likeness (QED) is 0.0954. The Labute approximate surface area is 235 Å². The van der Waals surface area contributed by atoms with Crippen LogP contribution in [0.25, 0.3) is 0 Å². The minimum atomic E-state index is -0.434. The molecule has 0 amide bonds. The molecule has 10 heteroatoms. The van der Waals surface area contributed by atoms with Gasteiger partial charge >= 0.3 is 0 Å². The van der Waals surface area contributed by atoms with Crippen LogP contribution in [0.5, 0.6) is 0 Å². The number of anilines is 1. The van der Waals surface area contributed by atoms with E-state index in [1.165, 1.54) is 23.8 Å². The van der Waals surface area contributed by atoms with Crippen molar-refractivity contribution in [2.24, 2.45) is 0 Å². The van der Waals surface area contributed by atoms with Crippen LogP contribution in [0.4, 0.5) is 17.1 Å². The normalized spacial score (nSPS) is 10.1. The van der Waals surface area contributed by atoms with Crippen molar-refractivity contribution >= 4 is 28.7 Å². The van der Waals surface area contributed by atoms with Crippen LogP contribution in [-0.4, -0.2) is 46.8 Å². The van der Waals surface area contributed by atoms with Gasteiger partial charge in [-0.25, -0.2) is 0 Å². The SMILES string of the molecule is C=CCN(C)Cc1cccc(N)c1.C=CCN(C)Cc1cccc([N+](=O)[O-])c1.O=[N+]([O-])c1cccc(CCl)c1. The molecule has 39 heavy (non-hydrogen) atoms. The molecule has 3 aromatic rings. The maximum Gasteiger partial charge on any atom is 0.269 e. The molecule has 0 spiro atoms. The van der Waals surface area contributed by atoms with Gasteiger partial charge in [0.15, 0.2) is 0 Å². The molecule has 0 aliphatic rings. The van der Waals surface area contributed by atoms with Crippen molar-refractivity contribution in [3.05, 3.63) is 135 Å². The van der Waals surface area contributed by atoms with E-state index >= 15 is 0 Å². The van der Waals surface area contributed by atoms with E-state index in [-0.39, 0.29) is 16.3 Å². The number of nitrogen functional groups attached to an aromatic ring is 1. The second kappa shape index (κ2) is 18.2. The highest BCUT2D eigenvalue weighted by molar-refractivity contribution is 6.17. The summed E-state index contributed by atoms with van der Waals surface area (Å²) in [7, 11) is 4.01. The summed E-state index contributed by atoms with van der Waals surface area (Å²) in [5.74, 6) is 0.307. The lowest BCUT2D eigenvalue weighted by molar-refractivity contribution is -0.385. The first-order valence-electron chi connectivity index (χ1n) is 12.1. The van der Waals surface area contributed by atoms with E-state index in [1.807, 2.05) is 42.3 Å². The lowest BCUT2D eigenvalue weighted by atomic mass is 10.2. The van der Waals surface area contributed by atoms with Crippen LogP contribution in [0.15, 0.2) is 98.1 Å². The molecule has 0 unspecified atom stereocenters. The summed E-state index contributed by atoms with van der Waals surface area (Å²) < 4.78 is 0. The molecular weight excluding hydrogens is 518 g/mol. The molecule has 0 bridgehead atoms. The molecule has 0 saturated heterocycles. The zero-order valence-electron chi connectivity index (χ0n) is 22.4. The number of nitro groups is 2. The van der Waals surface area contributed by atoms with Gasteiger partial charge in [-0.2, -0.15) is 0 Å². The molecule has 3 rings (SSSR count). The molecule has 0 heterocycles. The summed E-state index contributed by atoms with van der Waals surface area (Å²) in [6.45, 7) is 10.6. The number of non-ortho nitro benzene ring substituents is 2. The van der Waals surface area contributed by atoms with Crippen LogP contribution in [0.3, 0.4) is 0 Å². The summed E-state index contributed by atoms with van der Waals surface area (Å²) in [5, 5.41) is 20.8. The van der Waals surface area contributed by atoms with Crippen LogP contribution in [0.2, 0.25) is 0 Å². The molecular formula is C29H36ClN5O4. The monoisotopic (exact) mass is 553 g/mol. The highest BCUT2D eigenvalue weighted by Gasteiger charge is 2.06. The van der Waals surface area contributed by atoms with Crippen molar-refractivity contribution in [3.63, 3.8) is 0 Å². The molecule has 0 fully saturated rings. The fraction of sp³-hybridized carbons (Fsp3) is 0.241. The predicted octanol–water partition coefficient (Wildman–Crippen LogP) is 6.43. The number of nitrogens with two attached hydrogens (primary N) is 1. The number of nitro benzene ring substituents is 2. The number of halogens is 1. The van der Waals surface area contributed by atoms with E-state index in [9.17, 15) is 20.2 Å². The highest BCUT2D eigenvalue weighted by Crippen LogP contribution is 2.15. The minimum Gasteiger partial charge on any atom is -0.399 e. The average molecular weight is 554 g/mol. The molecule has 0 aliphatic carbocycles. The van der Waals surface area contributed by atoms with Crippen LogP contribution in [0, 0.1) is 20.2 Å². The van der Waals surface area contributed by atoms with Gasteiger partial charge in [-0.1, -0.05) is 48.6 Å². The molecule has 208 valence electrons. The Morgan fingerprint density at radius 3 is 1.59 bits per heavy atom. The third-order valence-corrected chi connectivity index (χ3v) is 5.44. The van der Waals surface area contributed by atoms with Gasteiger partial charge in [0.1, 0.15) is 0 Å². The van der Waals surface area contributed by atoms with E-state index in [0.717, 1.165) is 36.4 Å². The minimum absolute atomic E-state index is 0.0863. The van der Waals surface area contributed by atoms with Crippen molar-refractivity contribution in [2.75, 3.05) is 32.9 Å². The van der Waals surface area contributed by atoms with Crippen molar-refractivity contribution in [3.8, 4) is 0 Å². The Morgan fingerprint density at radius 2 is 1.18 bits per heavy atom. The number of hydrogen-bond acceptors (Lipinski definition) is 7. The third-order valence-electron chi connectivity index (χ3n) is 5.13. The van der Waals surface area contributed by atoms with Gasteiger partial charge in [0.05, 0.1) is 9.85 Å². The van der Waals surface area contributed by atoms with E-state index in [4.69, 9.17) is 17.3 Å². The Morgan fingerprint density at radius 1 is 0.769 bits per heavy atom. The predicted molar refractivity (Wildman–Crippen MR) is 160 cm³/mol. The summed E-state index contributed by atoms with van der Waals surface area (Å²) >= 11 is 5.48. The first-order chi connectivity index (χ1) is 18.6. The summed E-state index contributed by atoms with van der Waals surface area (Å²) in [5.41, 5.74) is 9.66. The third kappa shape index (κ3) is 13.9. The van der Waals surface area contributed by atoms with Gasteiger partial charge in [0.2, 0.25) is 0 Å². The largest absolute Gasteiger partial charge is 0.399 e. The Bertz CT molecular complexity index is 1220. The van der Waals surface area contributed by atoms with Crippen LogP contribution in [-0.2, 0) is 19.0 Å². The summed E-state index contributed by atoms with van der Waals surface area (Å²) in [6, 6.07) is 20.9. The van der Waals surface area contributed by atoms with Gasteiger partial charge in [0, 0.05) is 62.0 Å². The van der Waals surface area contributed by atoms with Crippen molar-refractivity contribution in [1.29, 1.82) is 0 Å². The van der Waals surface area contributed by atoms with E-state index in [1.54, 1.807) is 30.3 Å². The Balaban J connectivity index is 0.000000296. The van der Waals surface area contributed by atoms with Crippen molar-refractivity contribution in [2.45, 2.75) is 19.0 Å². The van der Waals surface area contributed by atoms with Gasteiger partial charge in [-0.05, 0) is 42.9 Å². The number of benzene rings is 3. The van der Waals surface area contributed by atoms with Crippen LogP contribution >= 0.6 is 11.6 Å². The molecule has 0 aliphatic heterocycles. The van der Waals surface area contributed by atoms with Gasteiger partial charge in [-0.3, -0.25) is 30.0 Å². The average Bonchev–Trinajstić information content (AvgIpc) is 2.90. The molecule has 0 radical (unpaired) electrons. The van der Waals surface area contributed by atoms with Gasteiger partial charge in [0.25, 0.3) is 11.4 Å². The lowest BCUT2D eigenvalue weighted by Crippen LogP contribution is -2.17. The molecule has 9 nitrogen and oxygen atoms in total. The number of nitrogens with zero attached hydrogens (tertiary/aromatic N) is 4. The fourth-order valence-corrected chi connectivity index (χ4v) is 3.57. The second-order valence-corrected chi connectivity index (χ2v) is 8.97. The zero-order valence-corrected chi connectivity index (χ0v) is 23.2. The molecule has 0 atom stereocenters. The molecule has 0 saturated carbocycles. The van der Waals surface area contributed by atoms with Crippen LogP contribution in [0.1, 0.15) is 16.7 Å². The summed E-state index contributed by atoms with van der Waals surface area (Å²) in [6.07, 6.45) is 3.70. The maximum absolute atomic E-state index is 10.5. The molecule has 0 aromatic heterocycles. The summed E-state index contributed by atoms with van der Waals surface area (Å²) in [4.78, 5) is 24.2. The topological polar surface area (TPSA) is 119 Å². The van der Waals surface area contributed by atoms with E-state index < -0.39 is 4.92 Å². The Kier molecular flexibility index (Phi) is 15.4. The zero-order chi connectivity index (χ0) is 29.2. The van der Waals surface area contributed by atoms with Crippen molar-refractivity contribution in [1.82, 2.24) is 9.80 Å². The fourth-order valence-electron chi connectivity index (χ4n) is 3.41. The Hall–Kier alpha value is -4.05. The highest BCUT2D eigenvalue weighted by atomic mass is 35.5. The van der Waals surface area contributed by atoms with Crippen LogP contribution < -0.4 is 5.73 Å². The number of likely N-dealkylation sites (N-methyl/N-ethyl adjacent to an activating group) is 2. The van der Waals surface area contributed by atoms with Gasteiger partial charge in [-0.15, -0.1) is 24.8 Å². The number of hydrogen-bond donors (Lipinski definition) is 1. The standard InChI is InChI=1S/C11H14N2O2.C11H16N2.C7H6ClNO2/c1-3-7-12(2)9-10-5-4-6-11(8-10)13(14)15;1-3-7-13(2)9-10-5-4-6-11(12)8-10;8-5-6-2-1-3-7(4-6)9(10)11/h3-6,8H,1,7,9H2,2H3;3-6,8H,1,7,9,12H2,2H3;1-4H,5H2. The van der Waals surface area contributed by atoms with Gasteiger partial charge < -0.3 is 5.73 Å². The van der Waals surface area contributed by atoms with E-state index in [2.05, 4.69) is 31.2 Å².